The largest absolute Gasteiger partial charge is 0.341 e. The van der Waals surface area contributed by atoms with Gasteiger partial charge in [0.25, 0.3) is 0 Å². The second-order valence-electron chi connectivity index (χ2n) is 8.79. The SMILES string of the molecule is O=C1Cc2cc(CCC[C@@H]3C[C@@H]3C3CCN(c4ncc(Cl)cn4)CC3)ccc2N1. The lowest BCUT2D eigenvalue weighted by molar-refractivity contribution is -0.115. The molecule has 5 nitrogen and oxygen atoms in total. The van der Waals surface area contributed by atoms with Crippen molar-refractivity contribution >= 4 is 29.1 Å². The molecule has 2 atom stereocenters. The molecule has 5 rings (SSSR count). The Kier molecular flexibility index (Phi) is 5.17. The van der Waals surface area contributed by atoms with Gasteiger partial charge in [-0.25, -0.2) is 9.97 Å². The number of nitrogens with zero attached hydrogens (tertiary/aromatic N) is 3. The molecule has 0 radical (unpaired) electrons. The maximum absolute atomic E-state index is 11.5. The molecule has 1 saturated carbocycles. The first-order chi connectivity index (χ1) is 14.2. The van der Waals surface area contributed by atoms with Crippen molar-refractivity contribution in [2.75, 3.05) is 23.3 Å². The molecular formula is C23H27ClN4O. The second-order valence-corrected chi connectivity index (χ2v) is 9.23. The van der Waals surface area contributed by atoms with Crippen LogP contribution < -0.4 is 10.2 Å². The Morgan fingerprint density at radius 1 is 1.17 bits per heavy atom. The van der Waals surface area contributed by atoms with Gasteiger partial charge in [0.05, 0.1) is 23.8 Å². The summed E-state index contributed by atoms with van der Waals surface area (Å²) in [5.41, 5.74) is 3.53. The molecule has 152 valence electrons. The quantitative estimate of drug-likeness (QED) is 0.761. The van der Waals surface area contributed by atoms with Gasteiger partial charge >= 0.3 is 0 Å². The van der Waals surface area contributed by atoms with E-state index in [-0.39, 0.29) is 5.91 Å². The van der Waals surface area contributed by atoms with Gasteiger partial charge in [-0.1, -0.05) is 23.7 Å². The normalized spacial score (nSPS) is 23.8. The number of hydrogen-bond donors (Lipinski definition) is 1. The molecule has 3 aliphatic rings. The third-order valence-corrected chi connectivity index (χ3v) is 7.04. The predicted octanol–water partition coefficient (Wildman–Crippen LogP) is 4.50. The highest BCUT2D eigenvalue weighted by Crippen LogP contribution is 2.50. The van der Waals surface area contributed by atoms with Crippen LogP contribution in [0.4, 0.5) is 11.6 Å². The molecular weight excluding hydrogens is 384 g/mol. The molecule has 1 amide bonds. The fourth-order valence-corrected chi connectivity index (χ4v) is 5.28. The molecule has 0 spiro atoms. The highest BCUT2D eigenvalue weighted by Gasteiger charge is 2.42. The third kappa shape index (κ3) is 4.25. The molecule has 0 unspecified atom stereocenters. The van der Waals surface area contributed by atoms with Crippen LogP contribution in [-0.2, 0) is 17.6 Å². The number of nitrogens with one attached hydrogen (secondary N) is 1. The first kappa shape index (κ1) is 18.9. The van der Waals surface area contributed by atoms with E-state index >= 15 is 0 Å². The van der Waals surface area contributed by atoms with Gasteiger partial charge in [-0.15, -0.1) is 0 Å². The Morgan fingerprint density at radius 3 is 2.76 bits per heavy atom. The van der Waals surface area contributed by atoms with Gasteiger partial charge in [-0.2, -0.15) is 0 Å². The maximum Gasteiger partial charge on any atom is 0.228 e. The van der Waals surface area contributed by atoms with Crippen LogP contribution in [-0.4, -0.2) is 29.0 Å². The van der Waals surface area contributed by atoms with Crippen LogP contribution in [0.5, 0.6) is 0 Å². The van der Waals surface area contributed by atoms with Crippen molar-refractivity contribution in [1.82, 2.24) is 9.97 Å². The van der Waals surface area contributed by atoms with Gasteiger partial charge in [-0.3, -0.25) is 4.79 Å². The molecule has 2 aromatic rings. The van der Waals surface area contributed by atoms with Crippen molar-refractivity contribution in [3.63, 3.8) is 0 Å². The van der Waals surface area contributed by atoms with Gasteiger partial charge in [0, 0.05) is 18.8 Å². The number of halogens is 1. The van der Waals surface area contributed by atoms with E-state index < -0.39 is 0 Å². The van der Waals surface area contributed by atoms with Crippen molar-refractivity contribution in [1.29, 1.82) is 0 Å². The molecule has 1 aliphatic carbocycles. The van der Waals surface area contributed by atoms with Gasteiger partial charge in [-0.05, 0) is 73.5 Å². The van der Waals surface area contributed by atoms with Gasteiger partial charge < -0.3 is 10.2 Å². The van der Waals surface area contributed by atoms with Crippen LogP contribution in [0.3, 0.4) is 0 Å². The number of piperidine rings is 1. The number of aryl methyl sites for hydroxylation is 1. The van der Waals surface area contributed by atoms with Crippen molar-refractivity contribution < 1.29 is 4.79 Å². The van der Waals surface area contributed by atoms with Gasteiger partial charge in [0.15, 0.2) is 0 Å². The van der Waals surface area contributed by atoms with Gasteiger partial charge in [0.1, 0.15) is 0 Å². The van der Waals surface area contributed by atoms with Crippen LogP contribution in [0, 0.1) is 17.8 Å². The Hall–Kier alpha value is -2.14. The highest BCUT2D eigenvalue weighted by atomic mass is 35.5. The minimum absolute atomic E-state index is 0.117. The molecule has 2 aliphatic heterocycles. The standard InChI is InChI=1S/C23H27ClN4O/c24-19-13-25-23(26-14-19)28-8-6-16(7-9-28)20-11-17(20)3-1-2-15-4-5-21-18(10-15)12-22(29)27-21/h4-5,10,13-14,16-17,20H,1-3,6-9,11-12H2,(H,27,29)/t17-,20-/m1/s1. The van der Waals surface area contributed by atoms with E-state index in [1.54, 1.807) is 12.4 Å². The fourth-order valence-electron chi connectivity index (χ4n) is 5.18. The molecule has 1 aromatic carbocycles. The molecule has 1 aromatic heterocycles. The van der Waals surface area contributed by atoms with Crippen LogP contribution >= 0.6 is 11.6 Å². The number of anilines is 2. The van der Waals surface area contributed by atoms with Gasteiger partial charge in [0.2, 0.25) is 11.9 Å². The van der Waals surface area contributed by atoms with E-state index in [1.165, 1.54) is 37.7 Å². The average Bonchev–Trinajstić information content (AvgIpc) is 3.40. The lowest BCUT2D eigenvalue weighted by Gasteiger charge is -2.32. The molecule has 2 fully saturated rings. The van der Waals surface area contributed by atoms with Crippen LogP contribution in [0.25, 0.3) is 0 Å². The zero-order valence-electron chi connectivity index (χ0n) is 16.6. The minimum Gasteiger partial charge on any atom is -0.341 e. The Bertz CT molecular complexity index is 892. The lowest BCUT2D eigenvalue weighted by atomic mass is 9.90. The summed E-state index contributed by atoms with van der Waals surface area (Å²) in [6.45, 7) is 2.11. The molecule has 1 saturated heterocycles. The fraction of sp³-hybridized carbons (Fsp3) is 0.522. The lowest BCUT2D eigenvalue weighted by Crippen LogP contribution is -2.35. The van der Waals surface area contributed by atoms with Crippen LogP contribution in [0.1, 0.15) is 43.2 Å². The summed E-state index contributed by atoms with van der Waals surface area (Å²) >= 11 is 5.89. The highest BCUT2D eigenvalue weighted by molar-refractivity contribution is 6.30. The minimum atomic E-state index is 0.117. The zero-order valence-corrected chi connectivity index (χ0v) is 17.4. The number of carbonyl (C=O) groups excluding carboxylic acids is 1. The number of amides is 1. The van der Waals surface area contributed by atoms with Crippen molar-refractivity contribution in [2.24, 2.45) is 17.8 Å². The van der Waals surface area contributed by atoms with Crippen LogP contribution in [0.2, 0.25) is 5.02 Å². The van der Waals surface area contributed by atoms with E-state index in [1.807, 2.05) is 0 Å². The summed E-state index contributed by atoms with van der Waals surface area (Å²) in [6.07, 6.45) is 11.5. The zero-order chi connectivity index (χ0) is 19.8. The summed E-state index contributed by atoms with van der Waals surface area (Å²) < 4.78 is 0. The number of rotatable bonds is 6. The molecule has 1 N–H and O–H groups in total. The number of benzene rings is 1. The number of fused-ring (bicyclic) bond motifs is 1. The van der Waals surface area contributed by atoms with E-state index in [0.29, 0.717) is 11.4 Å². The first-order valence-electron chi connectivity index (χ1n) is 10.8. The van der Waals surface area contributed by atoms with E-state index in [2.05, 4.69) is 38.4 Å². The predicted molar refractivity (Wildman–Crippen MR) is 115 cm³/mol. The third-order valence-electron chi connectivity index (χ3n) is 6.85. The van der Waals surface area contributed by atoms with Crippen molar-refractivity contribution in [3.05, 3.63) is 46.7 Å². The number of carbonyl (C=O) groups is 1. The maximum atomic E-state index is 11.5. The Morgan fingerprint density at radius 2 is 1.97 bits per heavy atom. The molecule has 6 heteroatoms. The molecule has 29 heavy (non-hydrogen) atoms. The first-order valence-corrected chi connectivity index (χ1v) is 11.2. The summed E-state index contributed by atoms with van der Waals surface area (Å²) in [5, 5.41) is 3.50. The van der Waals surface area contributed by atoms with E-state index in [9.17, 15) is 4.79 Å². The Balaban J connectivity index is 1.05. The molecule has 3 heterocycles. The Labute approximate surface area is 176 Å². The average molecular weight is 411 g/mol. The van der Waals surface area contributed by atoms with Crippen LogP contribution in [0.15, 0.2) is 30.6 Å². The van der Waals surface area contributed by atoms with E-state index in [4.69, 9.17) is 11.6 Å². The van der Waals surface area contributed by atoms with Crippen molar-refractivity contribution in [2.45, 2.75) is 44.9 Å². The second kappa shape index (κ2) is 7.94. The molecule has 0 bridgehead atoms. The number of hydrogen-bond acceptors (Lipinski definition) is 4. The smallest absolute Gasteiger partial charge is 0.228 e. The summed E-state index contributed by atoms with van der Waals surface area (Å²) in [6, 6.07) is 6.45. The summed E-state index contributed by atoms with van der Waals surface area (Å²) in [7, 11) is 0. The van der Waals surface area contributed by atoms with Crippen molar-refractivity contribution in [3.8, 4) is 0 Å². The summed E-state index contributed by atoms with van der Waals surface area (Å²) in [4.78, 5) is 22.5. The van der Waals surface area contributed by atoms with E-state index in [0.717, 1.165) is 54.5 Å². The monoisotopic (exact) mass is 410 g/mol. The summed E-state index contributed by atoms with van der Waals surface area (Å²) in [5.74, 6) is 3.62. The topological polar surface area (TPSA) is 58.1 Å². The number of aromatic nitrogens is 2.